The molecule has 0 aromatic carbocycles. The van der Waals surface area contributed by atoms with Crippen molar-refractivity contribution in [1.82, 2.24) is 0 Å². The van der Waals surface area contributed by atoms with Crippen molar-refractivity contribution in [2.24, 2.45) is 0 Å². The SMILES string of the molecule is CCOC(C)=O.[Zn]. The van der Waals surface area contributed by atoms with Gasteiger partial charge in [-0.05, 0) is 6.92 Å². The minimum Gasteiger partial charge on any atom is -0.466 e. The molecule has 0 aliphatic carbocycles. The van der Waals surface area contributed by atoms with Crippen molar-refractivity contribution in [3.05, 3.63) is 0 Å². The summed E-state index contributed by atoms with van der Waals surface area (Å²) in [7, 11) is 0. The number of rotatable bonds is 1. The summed E-state index contributed by atoms with van der Waals surface area (Å²) < 4.78 is 4.40. The van der Waals surface area contributed by atoms with Gasteiger partial charge < -0.3 is 4.74 Å². The minimum absolute atomic E-state index is 0. The molecule has 0 radical (unpaired) electrons. The van der Waals surface area contributed by atoms with E-state index in [2.05, 4.69) is 4.74 Å². The molecule has 0 unspecified atom stereocenters. The van der Waals surface area contributed by atoms with Crippen LogP contribution in [0.25, 0.3) is 0 Å². The van der Waals surface area contributed by atoms with Crippen molar-refractivity contribution >= 4 is 5.97 Å². The van der Waals surface area contributed by atoms with Crippen molar-refractivity contribution in [1.29, 1.82) is 0 Å². The maximum Gasteiger partial charge on any atom is 0.302 e. The summed E-state index contributed by atoms with van der Waals surface area (Å²) in [5.74, 6) is -0.211. The molecule has 38 valence electrons. The van der Waals surface area contributed by atoms with Gasteiger partial charge in [-0.3, -0.25) is 4.79 Å². The molecule has 7 heavy (non-hydrogen) atoms. The normalized spacial score (nSPS) is 6.57. The van der Waals surface area contributed by atoms with E-state index >= 15 is 0 Å². The molecule has 0 heterocycles. The Morgan fingerprint density at radius 1 is 1.71 bits per heavy atom. The van der Waals surface area contributed by atoms with E-state index < -0.39 is 0 Å². The Balaban J connectivity index is 0. The monoisotopic (exact) mass is 152 g/mol. The number of carbonyl (C=O) groups excluding carboxylic acids is 1. The minimum atomic E-state index is -0.211. The Kier molecular flexibility index (Phi) is 8.84. The van der Waals surface area contributed by atoms with Crippen molar-refractivity contribution in [2.75, 3.05) is 6.61 Å². The van der Waals surface area contributed by atoms with Crippen molar-refractivity contribution in [3.8, 4) is 0 Å². The van der Waals surface area contributed by atoms with Crippen molar-refractivity contribution in [3.63, 3.8) is 0 Å². The Labute approximate surface area is 56.0 Å². The molecule has 0 aliphatic rings. The second-order valence-corrected chi connectivity index (χ2v) is 0.925. The van der Waals surface area contributed by atoms with Gasteiger partial charge in [-0.1, -0.05) is 0 Å². The molecule has 0 aliphatic heterocycles. The summed E-state index contributed by atoms with van der Waals surface area (Å²) in [5, 5.41) is 0. The molecule has 0 bridgehead atoms. The summed E-state index contributed by atoms with van der Waals surface area (Å²) in [6, 6.07) is 0. The zero-order valence-corrected chi connectivity index (χ0v) is 7.70. The van der Waals surface area contributed by atoms with Crippen LogP contribution in [0.5, 0.6) is 0 Å². The van der Waals surface area contributed by atoms with E-state index in [0.717, 1.165) is 0 Å². The van der Waals surface area contributed by atoms with Crippen LogP contribution in [0.4, 0.5) is 0 Å². The molecule has 0 amide bonds. The first kappa shape index (κ1) is 10.2. The summed E-state index contributed by atoms with van der Waals surface area (Å²) in [6.45, 7) is 3.65. The molecule has 3 heteroatoms. The van der Waals surface area contributed by atoms with Gasteiger partial charge in [0.25, 0.3) is 0 Å². The average Bonchev–Trinajstić information content (AvgIpc) is 1.35. The largest absolute Gasteiger partial charge is 0.466 e. The second-order valence-electron chi connectivity index (χ2n) is 0.925. The maximum atomic E-state index is 9.82. The summed E-state index contributed by atoms with van der Waals surface area (Å²) in [6.07, 6.45) is 0. The van der Waals surface area contributed by atoms with Gasteiger partial charge in [-0.15, -0.1) is 0 Å². The van der Waals surface area contributed by atoms with Gasteiger partial charge in [-0.2, -0.15) is 0 Å². The smallest absolute Gasteiger partial charge is 0.302 e. The predicted octanol–water partition coefficient (Wildman–Crippen LogP) is 0.567. The van der Waals surface area contributed by atoms with Crippen LogP contribution in [0.15, 0.2) is 0 Å². The van der Waals surface area contributed by atoms with Crippen molar-refractivity contribution < 1.29 is 29.0 Å². The van der Waals surface area contributed by atoms with E-state index in [1.807, 2.05) is 0 Å². The van der Waals surface area contributed by atoms with E-state index in [9.17, 15) is 4.79 Å². The first-order chi connectivity index (χ1) is 2.77. The number of esters is 1. The van der Waals surface area contributed by atoms with E-state index in [1.54, 1.807) is 6.92 Å². The Bertz CT molecular complexity index is 53.7. The summed E-state index contributed by atoms with van der Waals surface area (Å²) in [4.78, 5) is 9.82. The molecule has 0 aromatic heterocycles. The van der Waals surface area contributed by atoms with Crippen LogP contribution >= 0.6 is 0 Å². The van der Waals surface area contributed by atoms with Crippen LogP contribution in [-0.2, 0) is 29.0 Å². The standard InChI is InChI=1S/C4H8O2.Zn/c1-3-6-4(2)5;/h3H2,1-2H3;. The first-order valence-corrected chi connectivity index (χ1v) is 1.90. The summed E-state index contributed by atoms with van der Waals surface area (Å²) >= 11 is 0. The quantitative estimate of drug-likeness (QED) is 0.407. The van der Waals surface area contributed by atoms with Gasteiger partial charge in [-0.25, -0.2) is 0 Å². The van der Waals surface area contributed by atoms with Crippen LogP contribution in [-0.4, -0.2) is 12.6 Å². The molecule has 0 spiro atoms. The van der Waals surface area contributed by atoms with Gasteiger partial charge in [0.05, 0.1) is 6.61 Å². The zero-order chi connectivity index (χ0) is 4.99. The van der Waals surface area contributed by atoms with Gasteiger partial charge in [0.1, 0.15) is 0 Å². The van der Waals surface area contributed by atoms with Crippen LogP contribution in [0.3, 0.4) is 0 Å². The van der Waals surface area contributed by atoms with Gasteiger partial charge in [0.2, 0.25) is 0 Å². The Hall–Kier alpha value is 0.0934. The maximum absolute atomic E-state index is 9.82. The number of ether oxygens (including phenoxy) is 1. The summed E-state index contributed by atoms with van der Waals surface area (Å²) in [5.41, 5.74) is 0. The zero-order valence-electron chi connectivity index (χ0n) is 4.73. The van der Waals surface area contributed by atoms with E-state index in [1.165, 1.54) is 6.92 Å². The van der Waals surface area contributed by atoms with Crippen LogP contribution in [0.2, 0.25) is 0 Å². The van der Waals surface area contributed by atoms with E-state index in [-0.39, 0.29) is 25.4 Å². The third-order valence-electron chi connectivity index (χ3n) is 0.348. The van der Waals surface area contributed by atoms with Gasteiger partial charge >= 0.3 is 5.97 Å². The van der Waals surface area contributed by atoms with Crippen LogP contribution in [0, 0.1) is 0 Å². The Morgan fingerprint density at radius 3 is 2.14 bits per heavy atom. The molecular weight excluding hydrogens is 145 g/mol. The molecule has 0 saturated heterocycles. The number of carbonyl (C=O) groups is 1. The third kappa shape index (κ3) is 10.7. The average molecular weight is 153 g/mol. The fraction of sp³-hybridized carbons (Fsp3) is 0.750. The van der Waals surface area contributed by atoms with Gasteiger partial charge in [0, 0.05) is 26.4 Å². The molecule has 0 rings (SSSR count). The molecule has 2 nitrogen and oxygen atoms in total. The van der Waals surface area contributed by atoms with E-state index in [0.29, 0.717) is 6.61 Å². The number of hydrogen-bond acceptors (Lipinski definition) is 2. The van der Waals surface area contributed by atoms with Gasteiger partial charge in [0.15, 0.2) is 0 Å². The molecular formula is C4H8O2Zn. The number of hydrogen-bond donors (Lipinski definition) is 0. The first-order valence-electron chi connectivity index (χ1n) is 1.90. The molecule has 0 aromatic rings. The fourth-order valence-corrected chi connectivity index (χ4v) is 0.203. The molecule has 0 fully saturated rings. The Morgan fingerprint density at radius 2 is 2.14 bits per heavy atom. The predicted molar refractivity (Wildman–Crippen MR) is 22.3 cm³/mol. The molecule has 0 atom stereocenters. The van der Waals surface area contributed by atoms with Crippen LogP contribution < -0.4 is 0 Å². The van der Waals surface area contributed by atoms with Crippen molar-refractivity contribution in [2.45, 2.75) is 13.8 Å². The second kappa shape index (κ2) is 6.09. The fourth-order valence-electron chi connectivity index (χ4n) is 0.203. The van der Waals surface area contributed by atoms with E-state index in [4.69, 9.17) is 0 Å². The molecule has 0 saturated carbocycles. The van der Waals surface area contributed by atoms with Crippen LogP contribution in [0.1, 0.15) is 13.8 Å². The molecule has 0 N–H and O–H groups in total. The topological polar surface area (TPSA) is 26.3 Å². The third-order valence-corrected chi connectivity index (χ3v) is 0.348.